The van der Waals surface area contributed by atoms with Crippen molar-refractivity contribution in [1.82, 2.24) is 0 Å². The Bertz CT molecular complexity index is 615. The fourth-order valence-corrected chi connectivity index (χ4v) is 8.46. The maximum atomic E-state index is 6.76. The Kier molecular flexibility index (Phi) is 8.51. The molecule has 166 valence electrons. The molecule has 2 rings (SSSR count). The quantitative estimate of drug-likeness (QED) is 0.262. The molecule has 0 saturated carbocycles. The molecule has 2 aliphatic rings. The Morgan fingerprint density at radius 3 is 2.45 bits per heavy atom. The van der Waals surface area contributed by atoms with Crippen LogP contribution in [-0.2, 0) is 13.9 Å². The van der Waals surface area contributed by atoms with E-state index in [1.165, 1.54) is 3.59 Å². The van der Waals surface area contributed by atoms with Crippen LogP contribution < -0.4 is 0 Å². The number of rotatable bonds is 8. The monoisotopic (exact) mass is 528 g/mol. The van der Waals surface area contributed by atoms with Gasteiger partial charge in [0.15, 0.2) is 0 Å². The fourth-order valence-electron chi connectivity index (χ4n) is 3.74. The fraction of sp³-hybridized carbons (Fsp3) is 0.750. The molecule has 0 aromatic carbocycles. The van der Waals surface area contributed by atoms with E-state index in [2.05, 4.69) is 74.0 Å². The van der Waals surface area contributed by atoms with Crippen LogP contribution in [0.25, 0.3) is 0 Å². The molecule has 0 radical (unpaired) electrons. The molecular formula is C24H44O3SiSn. The number of ether oxygens (including phenoxy) is 2. The summed E-state index contributed by atoms with van der Waals surface area (Å²) in [5.74, 6) is 0. The van der Waals surface area contributed by atoms with Crippen molar-refractivity contribution in [2.75, 3.05) is 0 Å². The molecule has 0 aromatic rings. The first kappa shape index (κ1) is 25.4. The maximum absolute atomic E-state index is 6.76. The molecule has 5 atom stereocenters. The molecule has 0 spiro atoms. The number of hydrogen-bond donors (Lipinski definition) is 0. The molecule has 0 aromatic heterocycles. The summed E-state index contributed by atoms with van der Waals surface area (Å²) < 4.78 is 21.2. The summed E-state index contributed by atoms with van der Waals surface area (Å²) in [6.45, 7) is 19.9. The Morgan fingerprint density at radius 1 is 1.24 bits per heavy atom. The van der Waals surface area contributed by atoms with Crippen LogP contribution in [0.4, 0.5) is 0 Å². The van der Waals surface area contributed by atoms with Gasteiger partial charge in [-0.15, -0.1) is 0 Å². The van der Waals surface area contributed by atoms with E-state index in [4.69, 9.17) is 13.9 Å². The van der Waals surface area contributed by atoms with Crippen molar-refractivity contribution in [3.05, 3.63) is 35.0 Å². The Balaban J connectivity index is 2.05. The molecule has 5 unspecified atom stereocenters. The zero-order valence-electron chi connectivity index (χ0n) is 20.1. The SMILES string of the molecule is C=CCC(O[Si](C)(C)C(C)(C)C)C1CC=CC(C2CCC([C](=C)[Sn]([CH3])([CH3])[CH3])O2)O1. The summed E-state index contributed by atoms with van der Waals surface area (Å²) in [6, 6.07) is 0. The van der Waals surface area contributed by atoms with Gasteiger partial charge in [0.25, 0.3) is 0 Å². The zero-order valence-corrected chi connectivity index (χ0v) is 23.9. The minimum atomic E-state index is -2.15. The molecule has 2 heterocycles. The standard InChI is InChI=1S/C21H35O3Si.3CH3.Sn/c1-8-11-20(24-25(6,7)21(3,4)5)18-13-10-12-17(23-18)19-15-14-16(9-2)22-19;;;;/h8,10,12,16-20H,1-2,11,13-15H2,3-7H3;3*1H3;. The molecule has 0 N–H and O–H groups in total. The van der Waals surface area contributed by atoms with Crippen LogP contribution in [0.1, 0.15) is 46.5 Å². The van der Waals surface area contributed by atoms with Crippen molar-refractivity contribution in [3.8, 4) is 0 Å². The summed E-state index contributed by atoms with van der Waals surface area (Å²) in [7, 11) is -1.88. The predicted molar refractivity (Wildman–Crippen MR) is 130 cm³/mol. The summed E-state index contributed by atoms with van der Waals surface area (Å²) in [6.07, 6.45) is 10.7. The topological polar surface area (TPSA) is 27.7 Å². The van der Waals surface area contributed by atoms with Crippen LogP contribution in [0.15, 0.2) is 35.0 Å². The van der Waals surface area contributed by atoms with E-state index < -0.39 is 26.7 Å². The second-order valence-electron chi connectivity index (χ2n) is 11.3. The molecule has 0 bridgehead atoms. The second kappa shape index (κ2) is 9.72. The Hall–Kier alpha value is 0.116. The normalized spacial score (nSPS) is 29.7. The van der Waals surface area contributed by atoms with Gasteiger partial charge in [0, 0.05) is 0 Å². The molecular weight excluding hydrogens is 483 g/mol. The van der Waals surface area contributed by atoms with Gasteiger partial charge in [-0.2, -0.15) is 0 Å². The number of hydrogen-bond acceptors (Lipinski definition) is 3. The van der Waals surface area contributed by atoms with Crippen LogP contribution in [0.5, 0.6) is 0 Å². The van der Waals surface area contributed by atoms with Gasteiger partial charge in [0.1, 0.15) is 0 Å². The molecule has 29 heavy (non-hydrogen) atoms. The van der Waals surface area contributed by atoms with Gasteiger partial charge in [0.2, 0.25) is 0 Å². The Labute approximate surface area is 185 Å². The first-order chi connectivity index (χ1) is 13.3. The summed E-state index contributed by atoms with van der Waals surface area (Å²) in [4.78, 5) is 7.25. The Morgan fingerprint density at radius 2 is 1.90 bits per heavy atom. The van der Waals surface area contributed by atoms with Crippen LogP contribution in [0, 0.1) is 0 Å². The van der Waals surface area contributed by atoms with Crippen LogP contribution in [0.2, 0.25) is 33.0 Å². The van der Waals surface area contributed by atoms with Gasteiger partial charge in [-0.1, -0.05) is 0 Å². The van der Waals surface area contributed by atoms with Gasteiger partial charge in [-0.05, 0) is 0 Å². The van der Waals surface area contributed by atoms with E-state index in [1.54, 1.807) is 0 Å². The third-order valence-corrected chi connectivity index (χ3v) is 17.8. The summed E-state index contributed by atoms with van der Waals surface area (Å²) in [5, 5.41) is 0.178. The van der Waals surface area contributed by atoms with Crippen LogP contribution >= 0.6 is 0 Å². The van der Waals surface area contributed by atoms with Crippen molar-refractivity contribution in [1.29, 1.82) is 0 Å². The first-order valence-corrected chi connectivity index (χ1v) is 24.1. The van der Waals surface area contributed by atoms with E-state index in [9.17, 15) is 0 Å². The van der Waals surface area contributed by atoms with E-state index in [-0.39, 0.29) is 35.6 Å². The molecule has 0 amide bonds. The van der Waals surface area contributed by atoms with Crippen molar-refractivity contribution in [3.63, 3.8) is 0 Å². The van der Waals surface area contributed by atoms with Gasteiger partial charge >= 0.3 is 185 Å². The van der Waals surface area contributed by atoms with E-state index in [0.717, 1.165) is 25.7 Å². The second-order valence-corrected chi connectivity index (χ2v) is 30.7. The molecule has 5 heteroatoms. The van der Waals surface area contributed by atoms with Crippen molar-refractivity contribution < 1.29 is 13.9 Å². The zero-order chi connectivity index (χ0) is 22.0. The molecule has 2 aliphatic heterocycles. The van der Waals surface area contributed by atoms with Gasteiger partial charge in [-0.3, -0.25) is 0 Å². The van der Waals surface area contributed by atoms with E-state index in [0.29, 0.717) is 0 Å². The van der Waals surface area contributed by atoms with E-state index >= 15 is 0 Å². The third kappa shape index (κ3) is 6.55. The van der Waals surface area contributed by atoms with Gasteiger partial charge < -0.3 is 0 Å². The van der Waals surface area contributed by atoms with Crippen molar-refractivity contribution >= 4 is 26.7 Å². The summed E-state index contributed by atoms with van der Waals surface area (Å²) >= 11 is -2.15. The molecule has 1 saturated heterocycles. The van der Waals surface area contributed by atoms with Crippen molar-refractivity contribution in [2.45, 2.75) is 110 Å². The minimum absolute atomic E-state index is 0.0112. The average Bonchev–Trinajstić information content (AvgIpc) is 3.09. The van der Waals surface area contributed by atoms with Crippen molar-refractivity contribution in [2.24, 2.45) is 0 Å². The molecule has 0 aliphatic carbocycles. The van der Waals surface area contributed by atoms with Crippen LogP contribution in [-0.4, -0.2) is 57.2 Å². The van der Waals surface area contributed by atoms with Gasteiger partial charge in [0.05, 0.1) is 0 Å². The van der Waals surface area contributed by atoms with Crippen LogP contribution in [0.3, 0.4) is 0 Å². The first-order valence-electron chi connectivity index (χ1n) is 11.2. The van der Waals surface area contributed by atoms with E-state index in [1.807, 2.05) is 6.08 Å². The molecule has 3 nitrogen and oxygen atoms in total. The van der Waals surface area contributed by atoms with Gasteiger partial charge in [-0.25, -0.2) is 0 Å². The predicted octanol–water partition coefficient (Wildman–Crippen LogP) is 6.65. The summed E-state index contributed by atoms with van der Waals surface area (Å²) in [5.41, 5.74) is 0. The third-order valence-electron chi connectivity index (χ3n) is 6.86. The average molecular weight is 527 g/mol. The molecule has 1 fully saturated rings.